The Labute approximate surface area is 147 Å². The number of pyridine rings is 1. The molecule has 5 heteroatoms. The van der Waals surface area contributed by atoms with E-state index in [1.54, 1.807) is 6.07 Å². The summed E-state index contributed by atoms with van der Waals surface area (Å²) >= 11 is 0. The van der Waals surface area contributed by atoms with Crippen molar-refractivity contribution in [3.05, 3.63) is 58.9 Å². The van der Waals surface area contributed by atoms with Crippen molar-refractivity contribution in [1.82, 2.24) is 10.3 Å². The van der Waals surface area contributed by atoms with Crippen molar-refractivity contribution in [2.24, 2.45) is 0 Å². The van der Waals surface area contributed by atoms with Crippen LogP contribution in [-0.4, -0.2) is 22.8 Å². The van der Waals surface area contributed by atoms with Gasteiger partial charge in [0.15, 0.2) is 0 Å². The Morgan fingerprint density at radius 3 is 2.44 bits per heavy atom. The second-order valence-electron chi connectivity index (χ2n) is 6.62. The Balaban J connectivity index is 1.72. The first-order valence-electron chi connectivity index (χ1n) is 8.68. The minimum Gasteiger partial charge on any atom is -0.349 e. The summed E-state index contributed by atoms with van der Waals surface area (Å²) in [6.45, 7) is 3.97. The summed E-state index contributed by atoms with van der Waals surface area (Å²) < 4.78 is 0. The van der Waals surface area contributed by atoms with Crippen LogP contribution in [0, 0.1) is 13.8 Å². The standard InChI is InChI=1S/C20H23N3O2/c1-13-6-5-9-18(14(13)2)23-20(25)16-10-15(11-21-12-16)19(24)22-17-7-3-4-8-17/h5-6,9-12,17H,3-4,7-8H2,1-2H3,(H,22,24)(H,23,25). The molecule has 0 aliphatic heterocycles. The van der Waals surface area contributed by atoms with Gasteiger partial charge in [0.25, 0.3) is 11.8 Å². The van der Waals surface area contributed by atoms with Crippen LogP contribution in [0.4, 0.5) is 5.69 Å². The first-order chi connectivity index (χ1) is 12.0. The third-order valence-corrected chi connectivity index (χ3v) is 4.81. The normalized spacial score (nSPS) is 14.3. The summed E-state index contributed by atoms with van der Waals surface area (Å²) in [4.78, 5) is 28.9. The maximum Gasteiger partial charge on any atom is 0.257 e. The number of nitrogens with one attached hydrogen (secondary N) is 2. The molecule has 0 saturated heterocycles. The van der Waals surface area contributed by atoms with E-state index in [-0.39, 0.29) is 17.9 Å². The molecule has 1 fully saturated rings. The van der Waals surface area contributed by atoms with Gasteiger partial charge in [0.2, 0.25) is 0 Å². The third kappa shape index (κ3) is 4.05. The van der Waals surface area contributed by atoms with Crippen LogP contribution in [0.1, 0.15) is 57.5 Å². The smallest absolute Gasteiger partial charge is 0.257 e. The molecule has 0 spiro atoms. The van der Waals surface area contributed by atoms with E-state index in [1.807, 2.05) is 32.0 Å². The quantitative estimate of drug-likeness (QED) is 0.895. The molecule has 3 rings (SSSR count). The topological polar surface area (TPSA) is 71.1 Å². The Morgan fingerprint density at radius 2 is 1.72 bits per heavy atom. The fraction of sp³-hybridized carbons (Fsp3) is 0.350. The first kappa shape index (κ1) is 17.1. The number of aromatic nitrogens is 1. The number of aryl methyl sites for hydroxylation is 1. The van der Waals surface area contributed by atoms with Gasteiger partial charge in [0.05, 0.1) is 11.1 Å². The third-order valence-electron chi connectivity index (χ3n) is 4.81. The summed E-state index contributed by atoms with van der Waals surface area (Å²) in [5.41, 5.74) is 3.70. The van der Waals surface area contributed by atoms with Gasteiger partial charge < -0.3 is 10.6 Å². The lowest BCUT2D eigenvalue weighted by Gasteiger charge is -2.13. The van der Waals surface area contributed by atoms with Crippen LogP contribution in [0.3, 0.4) is 0 Å². The minimum absolute atomic E-state index is 0.166. The minimum atomic E-state index is -0.267. The van der Waals surface area contributed by atoms with Gasteiger partial charge in [-0.25, -0.2) is 0 Å². The highest BCUT2D eigenvalue weighted by Crippen LogP contribution is 2.20. The number of benzene rings is 1. The maximum atomic E-state index is 12.5. The summed E-state index contributed by atoms with van der Waals surface area (Å²) in [7, 11) is 0. The number of rotatable bonds is 4. The van der Waals surface area contributed by atoms with Crippen molar-refractivity contribution in [3.8, 4) is 0 Å². The zero-order chi connectivity index (χ0) is 17.8. The van der Waals surface area contributed by atoms with Gasteiger partial charge in [-0.1, -0.05) is 25.0 Å². The molecule has 2 amide bonds. The van der Waals surface area contributed by atoms with Crippen molar-refractivity contribution in [2.45, 2.75) is 45.6 Å². The van der Waals surface area contributed by atoms with E-state index in [0.29, 0.717) is 11.1 Å². The Morgan fingerprint density at radius 1 is 1.04 bits per heavy atom. The predicted molar refractivity (Wildman–Crippen MR) is 97.8 cm³/mol. The fourth-order valence-corrected chi connectivity index (χ4v) is 3.11. The van der Waals surface area contributed by atoms with Gasteiger partial charge in [-0.3, -0.25) is 14.6 Å². The van der Waals surface area contributed by atoms with E-state index < -0.39 is 0 Å². The molecule has 1 heterocycles. The monoisotopic (exact) mass is 337 g/mol. The number of anilines is 1. The molecule has 130 valence electrons. The fourth-order valence-electron chi connectivity index (χ4n) is 3.11. The number of hydrogen-bond donors (Lipinski definition) is 2. The van der Waals surface area contributed by atoms with Crippen LogP contribution in [0.25, 0.3) is 0 Å². The van der Waals surface area contributed by atoms with Crippen LogP contribution in [0.5, 0.6) is 0 Å². The zero-order valence-corrected chi connectivity index (χ0v) is 14.6. The number of carbonyl (C=O) groups is 2. The van der Waals surface area contributed by atoms with Gasteiger partial charge >= 0.3 is 0 Å². The Hall–Kier alpha value is -2.69. The Bertz CT molecular complexity index is 795. The lowest BCUT2D eigenvalue weighted by molar-refractivity contribution is 0.0937. The molecule has 0 bridgehead atoms. The number of hydrogen-bond acceptors (Lipinski definition) is 3. The molecule has 0 atom stereocenters. The first-order valence-corrected chi connectivity index (χ1v) is 8.68. The van der Waals surface area contributed by atoms with Crippen molar-refractivity contribution >= 4 is 17.5 Å². The van der Waals surface area contributed by atoms with Gasteiger partial charge in [-0.2, -0.15) is 0 Å². The van der Waals surface area contributed by atoms with E-state index in [2.05, 4.69) is 15.6 Å². The zero-order valence-electron chi connectivity index (χ0n) is 14.6. The SMILES string of the molecule is Cc1cccc(NC(=O)c2cncc(C(=O)NC3CCCC3)c2)c1C. The van der Waals surface area contributed by atoms with E-state index in [4.69, 9.17) is 0 Å². The molecule has 0 radical (unpaired) electrons. The van der Waals surface area contributed by atoms with Crippen LogP contribution in [0.2, 0.25) is 0 Å². The molecule has 1 aliphatic carbocycles. The summed E-state index contributed by atoms with van der Waals surface area (Å²) in [5, 5.41) is 5.91. The predicted octanol–water partition coefficient (Wildman–Crippen LogP) is 3.62. The maximum absolute atomic E-state index is 12.5. The molecule has 5 nitrogen and oxygen atoms in total. The van der Waals surface area contributed by atoms with Gasteiger partial charge in [0.1, 0.15) is 0 Å². The molecule has 2 N–H and O–H groups in total. The van der Waals surface area contributed by atoms with Crippen molar-refractivity contribution < 1.29 is 9.59 Å². The van der Waals surface area contributed by atoms with E-state index in [1.165, 1.54) is 12.4 Å². The number of carbonyl (C=O) groups excluding carboxylic acids is 2. The number of nitrogens with zero attached hydrogens (tertiary/aromatic N) is 1. The molecular weight excluding hydrogens is 314 g/mol. The van der Waals surface area contributed by atoms with Crippen LogP contribution in [-0.2, 0) is 0 Å². The second-order valence-corrected chi connectivity index (χ2v) is 6.62. The summed E-state index contributed by atoms with van der Waals surface area (Å²) in [5.74, 6) is -0.433. The van der Waals surface area contributed by atoms with E-state index in [9.17, 15) is 9.59 Å². The highest BCUT2D eigenvalue weighted by Gasteiger charge is 2.19. The van der Waals surface area contributed by atoms with Gasteiger partial charge in [0, 0.05) is 24.1 Å². The van der Waals surface area contributed by atoms with Crippen molar-refractivity contribution in [1.29, 1.82) is 0 Å². The van der Waals surface area contributed by atoms with Crippen LogP contribution in [0.15, 0.2) is 36.7 Å². The molecular formula is C20H23N3O2. The summed E-state index contributed by atoms with van der Waals surface area (Å²) in [6, 6.07) is 7.60. The summed E-state index contributed by atoms with van der Waals surface area (Å²) in [6.07, 6.45) is 7.33. The lowest BCUT2D eigenvalue weighted by atomic mass is 10.1. The van der Waals surface area contributed by atoms with E-state index >= 15 is 0 Å². The van der Waals surface area contributed by atoms with Gasteiger partial charge in [-0.05, 0) is 49.9 Å². The largest absolute Gasteiger partial charge is 0.349 e. The van der Waals surface area contributed by atoms with Crippen LogP contribution >= 0.6 is 0 Å². The molecule has 1 saturated carbocycles. The average Bonchev–Trinajstić information content (AvgIpc) is 3.12. The second kappa shape index (κ2) is 7.47. The average molecular weight is 337 g/mol. The molecule has 1 aromatic heterocycles. The lowest BCUT2D eigenvalue weighted by Crippen LogP contribution is -2.32. The number of amides is 2. The molecule has 0 unspecified atom stereocenters. The Kier molecular flexibility index (Phi) is 5.12. The highest BCUT2D eigenvalue weighted by molar-refractivity contribution is 6.06. The van der Waals surface area contributed by atoms with Crippen molar-refractivity contribution in [2.75, 3.05) is 5.32 Å². The van der Waals surface area contributed by atoms with Gasteiger partial charge in [-0.15, -0.1) is 0 Å². The van der Waals surface area contributed by atoms with Crippen LogP contribution < -0.4 is 10.6 Å². The molecule has 1 aromatic carbocycles. The van der Waals surface area contributed by atoms with Crippen molar-refractivity contribution in [3.63, 3.8) is 0 Å². The molecule has 2 aromatic rings. The van der Waals surface area contributed by atoms with E-state index in [0.717, 1.165) is 42.5 Å². The molecule has 1 aliphatic rings. The molecule has 25 heavy (non-hydrogen) atoms. The highest BCUT2D eigenvalue weighted by atomic mass is 16.2.